The summed E-state index contributed by atoms with van der Waals surface area (Å²) in [5.41, 5.74) is 8.47. The van der Waals surface area contributed by atoms with E-state index in [1.807, 2.05) is 34.1 Å². The van der Waals surface area contributed by atoms with Crippen molar-refractivity contribution in [2.75, 3.05) is 31.1 Å². The minimum absolute atomic E-state index is 0.0190. The normalized spacial score (nSPS) is 25.4. The van der Waals surface area contributed by atoms with Gasteiger partial charge in [0, 0.05) is 43.7 Å². The first kappa shape index (κ1) is 21.9. The number of hydrogen-bond donors (Lipinski definition) is 2. The summed E-state index contributed by atoms with van der Waals surface area (Å²) in [7, 11) is 0. The van der Waals surface area contributed by atoms with Gasteiger partial charge in [-0.2, -0.15) is 0 Å². The monoisotopic (exact) mass is 450 g/mol. The fourth-order valence-electron chi connectivity index (χ4n) is 5.66. The number of rotatable bonds is 4. The lowest BCUT2D eigenvalue weighted by atomic mass is 9.72. The second kappa shape index (κ2) is 9.51. The summed E-state index contributed by atoms with van der Waals surface area (Å²) in [4.78, 5) is 29.3. The van der Waals surface area contributed by atoms with Crippen molar-refractivity contribution in [1.82, 2.24) is 15.8 Å². The molecule has 33 heavy (non-hydrogen) atoms. The first-order chi connectivity index (χ1) is 16.1. The van der Waals surface area contributed by atoms with Gasteiger partial charge < -0.3 is 9.80 Å². The number of carbonyl (C=O) groups is 2. The molecule has 174 valence electrons. The Bertz CT molecular complexity index is 1020. The van der Waals surface area contributed by atoms with Gasteiger partial charge in [-0.25, -0.2) is 9.82 Å². The van der Waals surface area contributed by atoms with Crippen LogP contribution in [-0.2, 0) is 11.2 Å². The average molecular weight is 451 g/mol. The summed E-state index contributed by atoms with van der Waals surface area (Å²) in [5.74, 6) is 0.358. The van der Waals surface area contributed by atoms with E-state index in [1.54, 1.807) is 12.1 Å². The lowest BCUT2D eigenvalue weighted by molar-refractivity contribution is -0.133. The summed E-state index contributed by atoms with van der Waals surface area (Å²) in [5, 5.41) is 0. The van der Waals surface area contributed by atoms with Crippen LogP contribution in [0.4, 0.5) is 10.1 Å². The van der Waals surface area contributed by atoms with Gasteiger partial charge >= 0.3 is 0 Å². The molecule has 0 spiro atoms. The largest absolute Gasteiger partial charge is 0.366 e. The highest BCUT2D eigenvalue weighted by molar-refractivity contribution is 5.94. The van der Waals surface area contributed by atoms with Gasteiger partial charge in [-0.15, -0.1) is 0 Å². The first-order valence-electron chi connectivity index (χ1n) is 12.0. The van der Waals surface area contributed by atoms with Crippen LogP contribution in [0, 0.1) is 17.7 Å². The third kappa shape index (κ3) is 4.60. The molecule has 2 aromatic rings. The zero-order valence-corrected chi connectivity index (χ0v) is 18.8. The standard InChI is InChI=1S/C26H31FN4O2/c27-22-10-3-4-11-24(22)30-12-14-31(15-13-30)26(33)19-7-5-6-18(16-19)17-23-20-8-1-2-9-21(20)25(32)29-28-23/h3-7,10-11,16,20-21,23,28H,1-2,8-9,12-15,17H2,(H,29,32). The highest BCUT2D eigenvalue weighted by Crippen LogP contribution is 2.35. The molecule has 7 heteroatoms. The molecule has 3 atom stereocenters. The van der Waals surface area contributed by atoms with Crippen molar-refractivity contribution in [3.63, 3.8) is 0 Å². The lowest BCUT2D eigenvalue weighted by Gasteiger charge is -2.41. The number of fused-ring (bicyclic) bond motifs is 1. The zero-order chi connectivity index (χ0) is 22.8. The summed E-state index contributed by atoms with van der Waals surface area (Å²) in [6.45, 7) is 2.36. The number of amides is 2. The van der Waals surface area contributed by atoms with Crippen molar-refractivity contribution in [3.8, 4) is 0 Å². The van der Waals surface area contributed by atoms with Crippen LogP contribution in [0.25, 0.3) is 0 Å². The second-order valence-corrected chi connectivity index (χ2v) is 9.43. The molecule has 0 bridgehead atoms. The molecule has 2 aliphatic heterocycles. The molecule has 1 aliphatic carbocycles. The van der Waals surface area contributed by atoms with E-state index in [1.165, 1.54) is 12.5 Å². The summed E-state index contributed by atoms with van der Waals surface area (Å²) in [6, 6.07) is 14.8. The Morgan fingerprint density at radius 2 is 1.79 bits per heavy atom. The third-order valence-electron chi connectivity index (χ3n) is 7.44. The predicted molar refractivity (Wildman–Crippen MR) is 125 cm³/mol. The molecular weight excluding hydrogens is 419 g/mol. The van der Waals surface area contributed by atoms with Crippen LogP contribution in [0.3, 0.4) is 0 Å². The molecule has 2 amide bonds. The van der Waals surface area contributed by atoms with Gasteiger partial charge in [0.1, 0.15) is 5.82 Å². The van der Waals surface area contributed by atoms with Gasteiger partial charge in [0.05, 0.1) is 5.69 Å². The molecule has 0 radical (unpaired) electrons. The Labute approximate surface area is 194 Å². The van der Waals surface area contributed by atoms with Crippen LogP contribution < -0.4 is 15.8 Å². The Morgan fingerprint density at radius 3 is 2.61 bits per heavy atom. The molecule has 3 fully saturated rings. The van der Waals surface area contributed by atoms with Gasteiger partial charge in [0.15, 0.2) is 0 Å². The smallest absolute Gasteiger partial charge is 0.253 e. The van der Waals surface area contributed by atoms with Crippen molar-refractivity contribution < 1.29 is 14.0 Å². The lowest BCUT2D eigenvalue weighted by Crippen LogP contribution is -2.60. The van der Waals surface area contributed by atoms with Gasteiger partial charge in [0.2, 0.25) is 5.91 Å². The molecule has 6 nitrogen and oxygen atoms in total. The van der Waals surface area contributed by atoms with Crippen LogP contribution in [0.15, 0.2) is 48.5 Å². The van der Waals surface area contributed by atoms with Gasteiger partial charge in [-0.3, -0.25) is 15.0 Å². The number of carbonyl (C=O) groups excluding carboxylic acids is 2. The SMILES string of the molecule is O=C1NNC(Cc2cccc(C(=O)N3CCN(c4ccccc4F)CC3)c2)C2CCCCC12. The molecule has 2 aromatic carbocycles. The number of piperazine rings is 1. The molecular formula is C26H31FN4O2. The molecule has 5 rings (SSSR count). The quantitative estimate of drug-likeness (QED) is 0.751. The first-order valence-corrected chi connectivity index (χ1v) is 12.0. The molecule has 2 heterocycles. The minimum atomic E-state index is -0.224. The van der Waals surface area contributed by atoms with Crippen LogP contribution >= 0.6 is 0 Å². The van der Waals surface area contributed by atoms with Gasteiger partial charge in [0.25, 0.3) is 5.91 Å². The summed E-state index contributed by atoms with van der Waals surface area (Å²) >= 11 is 0. The number of halogens is 1. The Morgan fingerprint density at radius 1 is 1.00 bits per heavy atom. The van der Waals surface area contributed by atoms with Gasteiger partial charge in [-0.05, 0) is 55.0 Å². The Balaban J connectivity index is 1.23. The van der Waals surface area contributed by atoms with Crippen molar-refractivity contribution in [1.29, 1.82) is 0 Å². The summed E-state index contributed by atoms with van der Waals surface area (Å²) < 4.78 is 14.1. The van der Waals surface area contributed by atoms with E-state index in [9.17, 15) is 14.0 Å². The number of para-hydroxylation sites is 1. The molecule has 0 aromatic heterocycles. The van der Waals surface area contributed by atoms with Crippen LogP contribution in [0.1, 0.15) is 41.6 Å². The summed E-state index contributed by atoms with van der Waals surface area (Å²) in [6.07, 6.45) is 5.11. The average Bonchev–Trinajstić information content (AvgIpc) is 2.86. The number of nitrogens with one attached hydrogen (secondary N) is 2. The van der Waals surface area contributed by atoms with Crippen LogP contribution in [0.5, 0.6) is 0 Å². The van der Waals surface area contributed by atoms with E-state index in [0.29, 0.717) is 43.3 Å². The van der Waals surface area contributed by atoms with E-state index in [2.05, 4.69) is 16.9 Å². The fourth-order valence-corrected chi connectivity index (χ4v) is 5.66. The molecule has 3 aliphatic rings. The van der Waals surface area contributed by atoms with E-state index in [0.717, 1.165) is 31.2 Å². The predicted octanol–water partition coefficient (Wildman–Crippen LogP) is 3.14. The molecule has 1 saturated carbocycles. The molecule has 2 N–H and O–H groups in total. The Kier molecular flexibility index (Phi) is 6.31. The van der Waals surface area contributed by atoms with Crippen LogP contribution in [0.2, 0.25) is 0 Å². The van der Waals surface area contributed by atoms with E-state index < -0.39 is 0 Å². The topological polar surface area (TPSA) is 64.7 Å². The zero-order valence-electron chi connectivity index (χ0n) is 18.8. The number of hydrazine groups is 1. The van der Waals surface area contributed by atoms with Crippen molar-refractivity contribution in [3.05, 3.63) is 65.5 Å². The van der Waals surface area contributed by atoms with Crippen LogP contribution in [-0.4, -0.2) is 48.9 Å². The number of anilines is 1. The van der Waals surface area contributed by atoms with Crippen molar-refractivity contribution in [2.24, 2.45) is 11.8 Å². The number of nitrogens with zero attached hydrogens (tertiary/aromatic N) is 2. The number of benzene rings is 2. The van der Waals surface area contributed by atoms with E-state index in [-0.39, 0.29) is 29.6 Å². The maximum Gasteiger partial charge on any atom is 0.253 e. The van der Waals surface area contributed by atoms with Crippen molar-refractivity contribution >= 4 is 17.5 Å². The fraction of sp³-hybridized carbons (Fsp3) is 0.462. The maximum atomic E-state index is 14.1. The highest BCUT2D eigenvalue weighted by Gasteiger charge is 2.39. The van der Waals surface area contributed by atoms with Crippen molar-refractivity contribution in [2.45, 2.75) is 38.1 Å². The third-order valence-corrected chi connectivity index (χ3v) is 7.44. The molecule has 3 unspecified atom stereocenters. The van der Waals surface area contributed by atoms with Gasteiger partial charge in [-0.1, -0.05) is 37.1 Å². The molecule has 2 saturated heterocycles. The Hall–Kier alpha value is -2.93. The van der Waals surface area contributed by atoms with E-state index in [4.69, 9.17) is 0 Å². The minimum Gasteiger partial charge on any atom is -0.366 e. The highest BCUT2D eigenvalue weighted by atomic mass is 19.1. The van der Waals surface area contributed by atoms with E-state index >= 15 is 0 Å². The second-order valence-electron chi connectivity index (χ2n) is 9.43. The number of hydrogen-bond acceptors (Lipinski definition) is 4. The maximum absolute atomic E-state index is 14.1.